The Morgan fingerprint density at radius 3 is 2.09 bits per heavy atom. The van der Waals surface area contributed by atoms with E-state index in [1.54, 1.807) is 43.3 Å². The molecule has 2 aromatic carbocycles. The van der Waals surface area contributed by atoms with E-state index < -0.39 is 11.7 Å². The van der Waals surface area contributed by atoms with Crippen LogP contribution >= 0.6 is 0 Å². The van der Waals surface area contributed by atoms with Crippen molar-refractivity contribution >= 4 is 23.3 Å². The first-order chi connectivity index (χ1) is 10.5. The molecule has 0 saturated heterocycles. The highest BCUT2D eigenvalue weighted by Gasteiger charge is 2.08. The summed E-state index contributed by atoms with van der Waals surface area (Å²) in [4.78, 5) is 23.2. The van der Waals surface area contributed by atoms with Gasteiger partial charge in [-0.1, -0.05) is 6.07 Å². The molecule has 3 amide bonds. The number of urea groups is 1. The van der Waals surface area contributed by atoms with Crippen molar-refractivity contribution in [3.63, 3.8) is 0 Å². The zero-order chi connectivity index (χ0) is 16.1. The molecule has 2 aromatic rings. The van der Waals surface area contributed by atoms with E-state index >= 15 is 0 Å². The molecular formula is C16H16FN3O2. The summed E-state index contributed by atoms with van der Waals surface area (Å²) < 4.78 is 13.5. The summed E-state index contributed by atoms with van der Waals surface area (Å²) in [5.74, 6) is -0.816. The first-order valence-electron chi connectivity index (χ1n) is 6.66. The van der Waals surface area contributed by atoms with Crippen LogP contribution in [0.1, 0.15) is 15.9 Å². The maximum Gasteiger partial charge on any atom is 0.318 e. The van der Waals surface area contributed by atoms with Gasteiger partial charge in [-0.25, -0.2) is 9.18 Å². The summed E-state index contributed by atoms with van der Waals surface area (Å²) in [6, 6.07) is 10.6. The van der Waals surface area contributed by atoms with Gasteiger partial charge in [0, 0.05) is 24.0 Å². The van der Waals surface area contributed by atoms with Gasteiger partial charge < -0.3 is 16.0 Å². The molecule has 114 valence electrons. The molecule has 0 aromatic heterocycles. The molecule has 3 N–H and O–H groups in total. The van der Waals surface area contributed by atoms with Crippen LogP contribution in [0.25, 0.3) is 0 Å². The molecule has 0 saturated carbocycles. The molecule has 5 nitrogen and oxygen atoms in total. The third-order valence-corrected chi connectivity index (χ3v) is 3.06. The van der Waals surface area contributed by atoms with Crippen LogP contribution < -0.4 is 16.0 Å². The predicted molar refractivity (Wildman–Crippen MR) is 83.6 cm³/mol. The Labute approximate surface area is 127 Å². The average Bonchev–Trinajstić information content (AvgIpc) is 2.51. The van der Waals surface area contributed by atoms with Gasteiger partial charge in [-0.05, 0) is 48.9 Å². The third kappa shape index (κ3) is 3.82. The number of nitrogens with one attached hydrogen (secondary N) is 3. The Hall–Kier alpha value is -2.89. The smallest absolute Gasteiger partial charge is 0.318 e. The number of hydrogen-bond donors (Lipinski definition) is 3. The van der Waals surface area contributed by atoms with Crippen LogP contribution in [-0.4, -0.2) is 19.0 Å². The lowest BCUT2D eigenvalue weighted by atomic mass is 10.1. The van der Waals surface area contributed by atoms with Crippen LogP contribution in [0.2, 0.25) is 0 Å². The van der Waals surface area contributed by atoms with Gasteiger partial charge in [0.05, 0.1) is 0 Å². The Morgan fingerprint density at radius 2 is 1.55 bits per heavy atom. The van der Waals surface area contributed by atoms with Crippen LogP contribution in [-0.2, 0) is 0 Å². The fraction of sp³-hybridized carbons (Fsp3) is 0.125. The zero-order valence-corrected chi connectivity index (χ0v) is 12.2. The number of halogens is 1. The second-order valence-corrected chi connectivity index (χ2v) is 4.70. The maximum absolute atomic E-state index is 13.5. The van der Waals surface area contributed by atoms with Gasteiger partial charge in [-0.3, -0.25) is 4.79 Å². The van der Waals surface area contributed by atoms with Crippen molar-refractivity contribution in [2.45, 2.75) is 6.92 Å². The fourth-order valence-electron chi connectivity index (χ4n) is 1.77. The predicted octanol–water partition coefficient (Wildman–Crippen LogP) is 3.14. The number of aryl methyl sites for hydroxylation is 1. The Bertz CT molecular complexity index is 699. The first-order valence-corrected chi connectivity index (χ1v) is 6.66. The summed E-state index contributed by atoms with van der Waals surface area (Å²) in [6.45, 7) is 1.63. The van der Waals surface area contributed by atoms with Gasteiger partial charge in [0.25, 0.3) is 5.91 Å². The number of amides is 3. The van der Waals surface area contributed by atoms with Gasteiger partial charge in [0.15, 0.2) is 0 Å². The minimum atomic E-state index is -0.419. The summed E-state index contributed by atoms with van der Waals surface area (Å²) in [5.41, 5.74) is 1.88. The Kier molecular flexibility index (Phi) is 4.73. The van der Waals surface area contributed by atoms with Crippen molar-refractivity contribution in [3.8, 4) is 0 Å². The molecule has 0 bridgehead atoms. The number of benzene rings is 2. The van der Waals surface area contributed by atoms with Gasteiger partial charge in [-0.2, -0.15) is 0 Å². The summed E-state index contributed by atoms with van der Waals surface area (Å²) in [6.07, 6.45) is 0. The van der Waals surface area contributed by atoms with Crippen LogP contribution in [0.5, 0.6) is 0 Å². The molecule has 0 radical (unpaired) electrons. The molecule has 0 fully saturated rings. The number of anilines is 2. The second-order valence-electron chi connectivity index (χ2n) is 4.70. The molecule has 2 rings (SSSR count). The number of carbonyl (C=O) groups is 2. The molecule has 6 heteroatoms. The lowest BCUT2D eigenvalue weighted by molar-refractivity contribution is 0.102. The van der Waals surface area contributed by atoms with Crippen molar-refractivity contribution in [1.29, 1.82) is 0 Å². The molecule has 0 atom stereocenters. The van der Waals surface area contributed by atoms with E-state index in [2.05, 4.69) is 16.0 Å². The monoisotopic (exact) mass is 301 g/mol. The molecule has 22 heavy (non-hydrogen) atoms. The lowest BCUT2D eigenvalue weighted by Gasteiger charge is -2.08. The van der Waals surface area contributed by atoms with E-state index in [1.165, 1.54) is 13.1 Å². The highest BCUT2D eigenvalue weighted by Crippen LogP contribution is 2.15. The molecule has 0 aliphatic rings. The number of hydrogen-bond acceptors (Lipinski definition) is 2. The van der Waals surface area contributed by atoms with Crippen molar-refractivity contribution in [2.75, 3.05) is 17.7 Å². The Balaban J connectivity index is 2.05. The number of rotatable bonds is 3. The Morgan fingerprint density at radius 1 is 0.955 bits per heavy atom. The van der Waals surface area contributed by atoms with E-state index in [1.807, 2.05) is 0 Å². The lowest BCUT2D eigenvalue weighted by Crippen LogP contribution is -2.24. The highest BCUT2D eigenvalue weighted by atomic mass is 19.1. The van der Waals surface area contributed by atoms with Crippen LogP contribution in [0.15, 0.2) is 42.5 Å². The van der Waals surface area contributed by atoms with Crippen LogP contribution in [0, 0.1) is 12.7 Å². The van der Waals surface area contributed by atoms with E-state index in [9.17, 15) is 14.0 Å². The topological polar surface area (TPSA) is 70.2 Å². The van der Waals surface area contributed by atoms with Crippen molar-refractivity contribution in [1.82, 2.24) is 5.32 Å². The molecular weight excluding hydrogens is 285 g/mol. The zero-order valence-electron chi connectivity index (χ0n) is 12.2. The van der Waals surface area contributed by atoms with E-state index in [4.69, 9.17) is 0 Å². The van der Waals surface area contributed by atoms with E-state index in [-0.39, 0.29) is 11.6 Å². The second kappa shape index (κ2) is 6.71. The minimum Gasteiger partial charge on any atom is -0.341 e. The van der Waals surface area contributed by atoms with E-state index in [0.717, 1.165) is 0 Å². The van der Waals surface area contributed by atoms with Gasteiger partial charge in [0.1, 0.15) is 5.82 Å². The standard InChI is InChI=1S/C16H16FN3O2/c1-10-3-4-11(9-14(10)17)15(21)19-12-5-7-13(8-6-12)20-16(22)18-2/h3-9H,1-2H3,(H,19,21)(H2,18,20,22). The normalized spacial score (nSPS) is 9.95. The maximum atomic E-state index is 13.5. The summed E-state index contributed by atoms with van der Waals surface area (Å²) in [5, 5.41) is 7.71. The molecule has 0 spiro atoms. The summed E-state index contributed by atoms with van der Waals surface area (Å²) >= 11 is 0. The minimum absolute atomic E-state index is 0.246. The average molecular weight is 301 g/mol. The third-order valence-electron chi connectivity index (χ3n) is 3.06. The van der Waals surface area contributed by atoms with Crippen molar-refractivity contribution in [2.24, 2.45) is 0 Å². The molecule has 0 aliphatic heterocycles. The van der Waals surface area contributed by atoms with E-state index in [0.29, 0.717) is 16.9 Å². The van der Waals surface area contributed by atoms with Crippen LogP contribution in [0.4, 0.5) is 20.6 Å². The van der Waals surface area contributed by atoms with Crippen LogP contribution in [0.3, 0.4) is 0 Å². The quantitative estimate of drug-likeness (QED) is 0.815. The molecule has 0 heterocycles. The first kappa shape index (κ1) is 15.5. The van der Waals surface area contributed by atoms with Gasteiger partial charge in [-0.15, -0.1) is 0 Å². The fourth-order valence-corrected chi connectivity index (χ4v) is 1.77. The van der Waals surface area contributed by atoms with Gasteiger partial charge >= 0.3 is 6.03 Å². The SMILES string of the molecule is CNC(=O)Nc1ccc(NC(=O)c2ccc(C)c(F)c2)cc1. The highest BCUT2D eigenvalue weighted by molar-refractivity contribution is 6.04. The summed E-state index contributed by atoms with van der Waals surface area (Å²) in [7, 11) is 1.52. The largest absolute Gasteiger partial charge is 0.341 e. The number of carbonyl (C=O) groups excluding carboxylic acids is 2. The van der Waals surface area contributed by atoms with Gasteiger partial charge in [0.2, 0.25) is 0 Å². The molecule has 0 aliphatic carbocycles. The van der Waals surface area contributed by atoms with Crippen molar-refractivity contribution in [3.05, 3.63) is 59.4 Å². The molecule has 0 unspecified atom stereocenters. The van der Waals surface area contributed by atoms with Crippen molar-refractivity contribution < 1.29 is 14.0 Å².